The Morgan fingerprint density at radius 2 is 2.04 bits per heavy atom. The third-order valence-electron chi connectivity index (χ3n) is 4.39. The molecule has 1 aromatic carbocycles. The van der Waals surface area contributed by atoms with Crippen molar-refractivity contribution in [2.75, 3.05) is 13.1 Å². The summed E-state index contributed by atoms with van der Waals surface area (Å²) in [6.07, 6.45) is 2.52. The van der Waals surface area contributed by atoms with Gasteiger partial charge in [0.1, 0.15) is 0 Å². The van der Waals surface area contributed by atoms with Crippen LogP contribution in [0, 0.1) is 6.92 Å². The first-order chi connectivity index (χ1) is 11.2. The summed E-state index contributed by atoms with van der Waals surface area (Å²) in [5.74, 6) is 0. The summed E-state index contributed by atoms with van der Waals surface area (Å²) in [6.45, 7) is 5.34. The molecule has 4 heteroatoms. The molecule has 0 spiro atoms. The zero-order valence-corrected chi connectivity index (χ0v) is 13.7. The minimum atomic E-state index is -0.219. The highest BCUT2D eigenvalue weighted by molar-refractivity contribution is 5.15. The lowest BCUT2D eigenvalue weighted by atomic mass is 10.1. The minimum absolute atomic E-state index is 0.219. The molecule has 0 saturated carbocycles. The Balaban J connectivity index is 1.52. The molecule has 1 aliphatic rings. The molecule has 3 rings (SSSR count). The summed E-state index contributed by atoms with van der Waals surface area (Å²) in [7, 11) is 0. The molecule has 2 heterocycles. The molecule has 0 aliphatic carbocycles. The van der Waals surface area contributed by atoms with E-state index < -0.39 is 0 Å². The largest absolute Gasteiger partial charge is 0.392 e. The average Bonchev–Trinajstić information content (AvgIpc) is 2.90. The second-order valence-corrected chi connectivity index (χ2v) is 6.42. The van der Waals surface area contributed by atoms with Crippen molar-refractivity contribution in [2.24, 2.45) is 0 Å². The highest BCUT2D eigenvalue weighted by Gasteiger charge is 2.30. The normalized spacial score (nSPS) is 21.7. The number of aliphatic hydroxyl groups is 1. The summed E-state index contributed by atoms with van der Waals surface area (Å²) < 4.78 is 0. The molecule has 1 fully saturated rings. The fraction of sp³-hybridized carbons (Fsp3) is 0.421. The number of β-amino-alcohol motifs (C(OH)–C–C–N with tert-alkyl or cyclic N) is 1. The monoisotopic (exact) mass is 311 g/mol. The molecule has 4 nitrogen and oxygen atoms in total. The fourth-order valence-corrected chi connectivity index (χ4v) is 3.15. The standard InChI is InChI=1S/C19H25N3O/c1-15-7-8-17(21-10-15)11-20-12-18-9-19(23)14-22(18)13-16-5-3-2-4-6-16/h2-8,10,18-20,23H,9,11-14H2,1H3. The van der Waals surface area contributed by atoms with Crippen LogP contribution in [0.1, 0.15) is 23.2 Å². The zero-order valence-electron chi connectivity index (χ0n) is 13.7. The Morgan fingerprint density at radius 1 is 1.22 bits per heavy atom. The number of nitrogens with one attached hydrogen (secondary N) is 1. The number of aromatic nitrogens is 1. The van der Waals surface area contributed by atoms with E-state index in [2.05, 4.69) is 51.6 Å². The third kappa shape index (κ3) is 4.61. The van der Waals surface area contributed by atoms with E-state index >= 15 is 0 Å². The second kappa shape index (κ2) is 7.68. The zero-order chi connectivity index (χ0) is 16.1. The van der Waals surface area contributed by atoms with Gasteiger partial charge in [-0.05, 0) is 30.5 Å². The lowest BCUT2D eigenvalue weighted by Gasteiger charge is -2.24. The molecule has 2 aromatic rings. The van der Waals surface area contributed by atoms with Crippen molar-refractivity contribution in [1.82, 2.24) is 15.2 Å². The number of pyridine rings is 1. The summed E-state index contributed by atoms with van der Waals surface area (Å²) in [6, 6.07) is 15.0. The quantitative estimate of drug-likeness (QED) is 0.858. The van der Waals surface area contributed by atoms with Crippen molar-refractivity contribution in [3.05, 3.63) is 65.5 Å². The molecule has 0 bridgehead atoms. The van der Waals surface area contributed by atoms with Gasteiger partial charge in [-0.15, -0.1) is 0 Å². The van der Waals surface area contributed by atoms with Crippen LogP contribution in [-0.4, -0.2) is 40.2 Å². The first-order valence-corrected chi connectivity index (χ1v) is 8.29. The van der Waals surface area contributed by atoms with Crippen LogP contribution in [0.15, 0.2) is 48.7 Å². The molecule has 0 radical (unpaired) electrons. The molecule has 23 heavy (non-hydrogen) atoms. The van der Waals surface area contributed by atoms with Gasteiger partial charge in [0.05, 0.1) is 11.8 Å². The predicted molar refractivity (Wildman–Crippen MR) is 91.9 cm³/mol. The number of benzene rings is 1. The van der Waals surface area contributed by atoms with E-state index in [-0.39, 0.29) is 6.10 Å². The number of rotatable bonds is 6. The Morgan fingerprint density at radius 3 is 2.78 bits per heavy atom. The second-order valence-electron chi connectivity index (χ2n) is 6.42. The first-order valence-electron chi connectivity index (χ1n) is 8.29. The molecule has 1 saturated heterocycles. The number of aryl methyl sites for hydroxylation is 1. The van der Waals surface area contributed by atoms with E-state index in [9.17, 15) is 5.11 Å². The van der Waals surface area contributed by atoms with E-state index in [1.165, 1.54) is 11.1 Å². The van der Waals surface area contributed by atoms with Crippen LogP contribution in [-0.2, 0) is 13.1 Å². The summed E-state index contributed by atoms with van der Waals surface area (Å²) in [4.78, 5) is 6.79. The molecule has 1 aliphatic heterocycles. The van der Waals surface area contributed by atoms with Crippen LogP contribution in [0.2, 0.25) is 0 Å². The Labute approximate surface area is 138 Å². The van der Waals surface area contributed by atoms with E-state index in [0.29, 0.717) is 6.04 Å². The molecule has 1 aromatic heterocycles. The van der Waals surface area contributed by atoms with E-state index in [1.54, 1.807) is 0 Å². The topological polar surface area (TPSA) is 48.4 Å². The van der Waals surface area contributed by atoms with Crippen molar-refractivity contribution >= 4 is 0 Å². The maximum atomic E-state index is 10.0. The molecule has 2 atom stereocenters. The smallest absolute Gasteiger partial charge is 0.0682 e. The highest BCUT2D eigenvalue weighted by atomic mass is 16.3. The predicted octanol–water partition coefficient (Wildman–Crippen LogP) is 2.12. The van der Waals surface area contributed by atoms with Gasteiger partial charge in [-0.2, -0.15) is 0 Å². The van der Waals surface area contributed by atoms with Gasteiger partial charge in [0.25, 0.3) is 0 Å². The van der Waals surface area contributed by atoms with Crippen LogP contribution < -0.4 is 5.32 Å². The van der Waals surface area contributed by atoms with Crippen molar-refractivity contribution in [3.8, 4) is 0 Å². The van der Waals surface area contributed by atoms with Gasteiger partial charge in [0.15, 0.2) is 0 Å². The van der Waals surface area contributed by atoms with Crippen molar-refractivity contribution in [2.45, 2.75) is 38.6 Å². The summed E-state index contributed by atoms with van der Waals surface area (Å²) in [5.41, 5.74) is 3.54. The Hall–Kier alpha value is -1.75. The molecule has 2 unspecified atom stereocenters. The molecule has 2 N–H and O–H groups in total. The fourth-order valence-electron chi connectivity index (χ4n) is 3.15. The highest BCUT2D eigenvalue weighted by Crippen LogP contribution is 2.20. The van der Waals surface area contributed by atoms with Crippen LogP contribution in [0.4, 0.5) is 0 Å². The van der Waals surface area contributed by atoms with Gasteiger partial charge in [-0.1, -0.05) is 36.4 Å². The minimum Gasteiger partial charge on any atom is -0.392 e. The van der Waals surface area contributed by atoms with Gasteiger partial charge < -0.3 is 10.4 Å². The van der Waals surface area contributed by atoms with E-state index in [1.807, 2.05) is 19.2 Å². The van der Waals surface area contributed by atoms with Gasteiger partial charge in [0, 0.05) is 38.4 Å². The third-order valence-corrected chi connectivity index (χ3v) is 4.39. The number of aliphatic hydroxyl groups excluding tert-OH is 1. The Bertz CT molecular complexity index is 600. The maximum absolute atomic E-state index is 10.0. The average molecular weight is 311 g/mol. The van der Waals surface area contributed by atoms with Crippen LogP contribution in [0.5, 0.6) is 0 Å². The number of nitrogens with zero attached hydrogens (tertiary/aromatic N) is 2. The maximum Gasteiger partial charge on any atom is 0.0682 e. The van der Waals surface area contributed by atoms with E-state index in [0.717, 1.165) is 38.3 Å². The summed E-state index contributed by atoms with van der Waals surface area (Å²) >= 11 is 0. The number of hydrogen-bond acceptors (Lipinski definition) is 4. The molecule has 0 amide bonds. The van der Waals surface area contributed by atoms with Crippen molar-refractivity contribution < 1.29 is 5.11 Å². The van der Waals surface area contributed by atoms with Gasteiger partial charge in [0.2, 0.25) is 0 Å². The molecular weight excluding hydrogens is 286 g/mol. The lowest BCUT2D eigenvalue weighted by molar-refractivity contribution is 0.172. The van der Waals surface area contributed by atoms with Crippen LogP contribution in [0.25, 0.3) is 0 Å². The van der Waals surface area contributed by atoms with Crippen molar-refractivity contribution in [3.63, 3.8) is 0 Å². The first kappa shape index (κ1) is 16.1. The van der Waals surface area contributed by atoms with Crippen LogP contribution >= 0.6 is 0 Å². The summed E-state index contributed by atoms with van der Waals surface area (Å²) in [5, 5.41) is 13.5. The van der Waals surface area contributed by atoms with Gasteiger partial charge in [-0.25, -0.2) is 0 Å². The number of hydrogen-bond donors (Lipinski definition) is 2. The van der Waals surface area contributed by atoms with Crippen molar-refractivity contribution in [1.29, 1.82) is 0 Å². The lowest BCUT2D eigenvalue weighted by Crippen LogP contribution is -2.37. The van der Waals surface area contributed by atoms with E-state index in [4.69, 9.17) is 0 Å². The van der Waals surface area contributed by atoms with Crippen LogP contribution in [0.3, 0.4) is 0 Å². The van der Waals surface area contributed by atoms with Gasteiger partial charge in [-0.3, -0.25) is 9.88 Å². The molecule has 122 valence electrons. The molecular formula is C19H25N3O. The Kier molecular flexibility index (Phi) is 5.39. The van der Waals surface area contributed by atoms with Gasteiger partial charge >= 0.3 is 0 Å². The SMILES string of the molecule is Cc1ccc(CNCC2CC(O)CN2Cc2ccccc2)nc1. The number of likely N-dealkylation sites (tertiary alicyclic amines) is 1.